The zero-order valence-corrected chi connectivity index (χ0v) is 14.8. The summed E-state index contributed by atoms with van der Waals surface area (Å²) in [6, 6.07) is 3.82. The molecule has 1 aliphatic rings. The number of carbonyl (C=O) groups is 1. The van der Waals surface area contributed by atoms with E-state index in [1.807, 2.05) is 49.3 Å². The molecule has 1 saturated heterocycles. The lowest BCUT2D eigenvalue weighted by atomic mass is 10.1. The summed E-state index contributed by atoms with van der Waals surface area (Å²) in [7, 11) is 0. The van der Waals surface area contributed by atoms with Gasteiger partial charge in [0.2, 0.25) is 0 Å². The number of hydrogen-bond donors (Lipinski definition) is 0. The van der Waals surface area contributed by atoms with Gasteiger partial charge in [0.25, 0.3) is 5.91 Å². The largest absolute Gasteiger partial charge is 0.381 e. The molecule has 130 valence electrons. The number of carbonyl (C=O) groups excluding carboxylic acids is 1. The van der Waals surface area contributed by atoms with Crippen LogP contribution in [0, 0.1) is 26.7 Å². The second kappa shape index (κ2) is 6.81. The van der Waals surface area contributed by atoms with Gasteiger partial charge in [0.05, 0.1) is 12.2 Å². The Morgan fingerprint density at radius 1 is 1.38 bits per heavy atom. The van der Waals surface area contributed by atoms with E-state index >= 15 is 0 Å². The molecule has 0 radical (unpaired) electrons. The normalized spacial score (nSPS) is 17.4. The summed E-state index contributed by atoms with van der Waals surface area (Å²) in [4.78, 5) is 14.9. The second-order valence-electron chi connectivity index (χ2n) is 6.49. The van der Waals surface area contributed by atoms with Gasteiger partial charge in [-0.1, -0.05) is 5.16 Å². The fourth-order valence-electron chi connectivity index (χ4n) is 3.36. The maximum atomic E-state index is 13.0. The smallest absolute Gasteiger partial charge is 0.255 e. The SMILES string of the molecule is CCN(CC1CCOC1)C(=O)c1cc(C)n(-c2cc(C)on2)c1C. The topological polar surface area (TPSA) is 60.5 Å². The zero-order valence-electron chi connectivity index (χ0n) is 14.8. The van der Waals surface area contributed by atoms with Gasteiger partial charge in [0.15, 0.2) is 5.82 Å². The Kier molecular flexibility index (Phi) is 4.76. The molecule has 0 bridgehead atoms. The first-order valence-corrected chi connectivity index (χ1v) is 8.51. The van der Waals surface area contributed by atoms with Gasteiger partial charge in [-0.3, -0.25) is 9.36 Å². The maximum Gasteiger partial charge on any atom is 0.255 e. The van der Waals surface area contributed by atoms with Gasteiger partial charge in [0.1, 0.15) is 5.76 Å². The highest BCUT2D eigenvalue weighted by Gasteiger charge is 2.25. The highest BCUT2D eigenvalue weighted by Crippen LogP contribution is 2.23. The van der Waals surface area contributed by atoms with E-state index in [4.69, 9.17) is 9.26 Å². The summed E-state index contributed by atoms with van der Waals surface area (Å²) in [5.41, 5.74) is 2.60. The van der Waals surface area contributed by atoms with Crippen molar-refractivity contribution >= 4 is 5.91 Å². The second-order valence-corrected chi connectivity index (χ2v) is 6.49. The van der Waals surface area contributed by atoms with E-state index in [-0.39, 0.29) is 5.91 Å². The predicted octanol–water partition coefficient (Wildman–Crippen LogP) is 2.89. The Bertz CT molecular complexity index is 726. The van der Waals surface area contributed by atoms with E-state index in [9.17, 15) is 4.79 Å². The Morgan fingerprint density at radius 2 is 2.17 bits per heavy atom. The highest BCUT2D eigenvalue weighted by molar-refractivity contribution is 5.96. The van der Waals surface area contributed by atoms with Crippen LogP contribution in [0.5, 0.6) is 0 Å². The number of hydrogen-bond acceptors (Lipinski definition) is 4. The van der Waals surface area contributed by atoms with Crippen molar-refractivity contribution < 1.29 is 14.1 Å². The Hall–Kier alpha value is -2.08. The van der Waals surface area contributed by atoms with E-state index in [1.165, 1.54) is 0 Å². The van der Waals surface area contributed by atoms with Gasteiger partial charge in [-0.05, 0) is 40.2 Å². The summed E-state index contributed by atoms with van der Waals surface area (Å²) in [5.74, 6) is 1.98. The van der Waals surface area contributed by atoms with Crippen LogP contribution in [0.2, 0.25) is 0 Å². The van der Waals surface area contributed by atoms with Gasteiger partial charge >= 0.3 is 0 Å². The van der Waals surface area contributed by atoms with Crippen molar-refractivity contribution in [2.24, 2.45) is 5.92 Å². The highest BCUT2D eigenvalue weighted by atomic mass is 16.5. The lowest BCUT2D eigenvalue weighted by Gasteiger charge is -2.23. The van der Waals surface area contributed by atoms with Crippen LogP contribution in [0.4, 0.5) is 0 Å². The molecule has 0 aromatic carbocycles. The lowest BCUT2D eigenvalue weighted by molar-refractivity contribution is 0.0730. The summed E-state index contributed by atoms with van der Waals surface area (Å²) in [6.45, 7) is 10.8. The third kappa shape index (κ3) is 3.11. The molecule has 1 atom stereocenters. The van der Waals surface area contributed by atoms with Crippen molar-refractivity contribution in [2.75, 3.05) is 26.3 Å². The Labute approximate surface area is 142 Å². The molecule has 6 nitrogen and oxygen atoms in total. The van der Waals surface area contributed by atoms with E-state index in [0.717, 1.165) is 48.9 Å². The van der Waals surface area contributed by atoms with Crippen LogP contribution in [0.3, 0.4) is 0 Å². The number of nitrogens with zero attached hydrogens (tertiary/aromatic N) is 3. The van der Waals surface area contributed by atoms with Crippen LogP contribution >= 0.6 is 0 Å². The first-order chi connectivity index (χ1) is 11.5. The molecule has 1 fully saturated rings. The molecule has 24 heavy (non-hydrogen) atoms. The van der Waals surface area contributed by atoms with Gasteiger partial charge in [0, 0.05) is 43.1 Å². The number of ether oxygens (including phenoxy) is 1. The molecule has 3 rings (SSSR count). The molecule has 0 aliphatic carbocycles. The Morgan fingerprint density at radius 3 is 2.75 bits per heavy atom. The first kappa shape index (κ1) is 16.8. The van der Waals surface area contributed by atoms with Crippen molar-refractivity contribution in [3.63, 3.8) is 0 Å². The van der Waals surface area contributed by atoms with Crippen molar-refractivity contribution in [3.8, 4) is 5.82 Å². The number of aryl methyl sites for hydroxylation is 2. The van der Waals surface area contributed by atoms with Crippen molar-refractivity contribution in [1.29, 1.82) is 0 Å². The molecule has 0 saturated carbocycles. The minimum atomic E-state index is 0.0731. The molecule has 2 aromatic rings. The molecule has 1 unspecified atom stereocenters. The van der Waals surface area contributed by atoms with Gasteiger partial charge in [-0.2, -0.15) is 0 Å². The zero-order chi connectivity index (χ0) is 17.3. The fourth-order valence-corrected chi connectivity index (χ4v) is 3.36. The van der Waals surface area contributed by atoms with E-state index in [1.54, 1.807) is 0 Å². The summed E-state index contributed by atoms with van der Waals surface area (Å²) in [6.07, 6.45) is 1.03. The molecule has 2 aromatic heterocycles. The summed E-state index contributed by atoms with van der Waals surface area (Å²) in [5, 5.41) is 4.08. The Balaban J connectivity index is 1.86. The molecule has 1 amide bonds. The predicted molar refractivity (Wildman–Crippen MR) is 90.5 cm³/mol. The maximum absolute atomic E-state index is 13.0. The molecule has 0 spiro atoms. The molecular weight excluding hydrogens is 306 g/mol. The molecule has 0 N–H and O–H groups in total. The van der Waals surface area contributed by atoms with E-state index < -0.39 is 0 Å². The number of aromatic nitrogens is 2. The standard InChI is InChI=1S/C18H25N3O3/c1-5-20(10-15-6-7-23-11-15)18(22)16-8-12(2)21(14(16)4)17-9-13(3)24-19-17/h8-9,15H,5-7,10-11H2,1-4H3. The van der Waals surface area contributed by atoms with Gasteiger partial charge in [-0.15, -0.1) is 0 Å². The number of rotatable bonds is 5. The third-order valence-electron chi connectivity index (χ3n) is 4.68. The van der Waals surface area contributed by atoms with E-state index in [0.29, 0.717) is 18.3 Å². The molecule has 3 heterocycles. The van der Waals surface area contributed by atoms with E-state index in [2.05, 4.69) is 5.16 Å². The average molecular weight is 331 g/mol. The monoisotopic (exact) mass is 331 g/mol. The third-order valence-corrected chi connectivity index (χ3v) is 4.68. The van der Waals surface area contributed by atoms with Crippen molar-refractivity contribution in [2.45, 2.75) is 34.1 Å². The van der Waals surface area contributed by atoms with Crippen molar-refractivity contribution in [3.05, 3.63) is 34.8 Å². The van der Waals surface area contributed by atoms with Crippen LogP contribution in [-0.4, -0.2) is 46.8 Å². The van der Waals surface area contributed by atoms with Crippen LogP contribution in [-0.2, 0) is 4.74 Å². The summed E-state index contributed by atoms with van der Waals surface area (Å²) >= 11 is 0. The van der Waals surface area contributed by atoms with Crippen LogP contribution in [0.1, 0.15) is 40.9 Å². The number of amides is 1. The molecular formula is C18H25N3O3. The van der Waals surface area contributed by atoms with Crippen LogP contribution in [0.15, 0.2) is 16.7 Å². The van der Waals surface area contributed by atoms with Crippen LogP contribution in [0.25, 0.3) is 5.82 Å². The molecule has 1 aliphatic heterocycles. The quantitative estimate of drug-likeness (QED) is 0.845. The lowest BCUT2D eigenvalue weighted by Crippen LogP contribution is -2.35. The van der Waals surface area contributed by atoms with Gasteiger partial charge < -0.3 is 14.2 Å². The van der Waals surface area contributed by atoms with Gasteiger partial charge in [-0.25, -0.2) is 0 Å². The van der Waals surface area contributed by atoms with Crippen molar-refractivity contribution in [1.82, 2.24) is 14.6 Å². The minimum Gasteiger partial charge on any atom is -0.381 e. The first-order valence-electron chi connectivity index (χ1n) is 8.51. The molecule has 6 heteroatoms. The fraction of sp³-hybridized carbons (Fsp3) is 0.556. The van der Waals surface area contributed by atoms with Crippen LogP contribution < -0.4 is 0 Å². The summed E-state index contributed by atoms with van der Waals surface area (Å²) < 4.78 is 12.6. The minimum absolute atomic E-state index is 0.0731. The average Bonchev–Trinajstić information content (AvgIpc) is 3.26.